The third kappa shape index (κ3) is 2.45. The predicted molar refractivity (Wildman–Crippen MR) is 108 cm³/mol. The van der Waals surface area contributed by atoms with Gasteiger partial charge in [-0.15, -0.1) is 0 Å². The lowest BCUT2D eigenvalue weighted by molar-refractivity contribution is 0.510. The lowest BCUT2D eigenvalue weighted by Gasteiger charge is -2.31. The summed E-state index contributed by atoms with van der Waals surface area (Å²) in [5.41, 5.74) is 6.15. The minimum absolute atomic E-state index is 0.134. The molecular formula is C23H19ClN2. The number of halogens is 1. The van der Waals surface area contributed by atoms with Crippen LogP contribution in [0.15, 0.2) is 84.0 Å². The fourth-order valence-electron chi connectivity index (χ4n) is 4.28. The Balaban J connectivity index is 1.68. The van der Waals surface area contributed by atoms with Crippen LogP contribution < -0.4 is 5.01 Å². The van der Waals surface area contributed by atoms with Crippen molar-refractivity contribution in [3.63, 3.8) is 0 Å². The van der Waals surface area contributed by atoms with Gasteiger partial charge in [0, 0.05) is 16.5 Å². The molecule has 2 nitrogen and oxygen atoms in total. The van der Waals surface area contributed by atoms with Crippen molar-refractivity contribution >= 4 is 23.0 Å². The van der Waals surface area contributed by atoms with Gasteiger partial charge >= 0.3 is 0 Å². The first kappa shape index (κ1) is 15.7. The number of hydrogen-bond donors (Lipinski definition) is 0. The van der Waals surface area contributed by atoms with E-state index in [-0.39, 0.29) is 6.04 Å². The molecule has 5 rings (SSSR count). The lowest BCUT2D eigenvalue weighted by Crippen LogP contribution is -2.29. The van der Waals surface area contributed by atoms with Gasteiger partial charge in [0.15, 0.2) is 0 Å². The molecule has 2 atom stereocenters. The summed E-state index contributed by atoms with van der Waals surface area (Å²) < 4.78 is 0. The van der Waals surface area contributed by atoms with Crippen LogP contribution in [0.5, 0.6) is 0 Å². The van der Waals surface area contributed by atoms with Crippen molar-refractivity contribution in [2.24, 2.45) is 11.0 Å². The van der Waals surface area contributed by atoms with Gasteiger partial charge in [-0.05, 0) is 42.2 Å². The van der Waals surface area contributed by atoms with Crippen molar-refractivity contribution in [1.82, 2.24) is 0 Å². The fraction of sp³-hybridized carbons (Fsp3) is 0.174. The van der Waals surface area contributed by atoms with Gasteiger partial charge in [-0.1, -0.05) is 72.3 Å². The van der Waals surface area contributed by atoms with Crippen LogP contribution in [0.2, 0.25) is 5.02 Å². The molecule has 3 aromatic carbocycles. The Morgan fingerprint density at radius 1 is 0.846 bits per heavy atom. The third-order valence-electron chi connectivity index (χ3n) is 5.47. The van der Waals surface area contributed by atoms with Crippen LogP contribution in [0.3, 0.4) is 0 Å². The summed E-state index contributed by atoms with van der Waals surface area (Å²) in [6, 6.07) is 27.4. The Morgan fingerprint density at radius 3 is 2.42 bits per heavy atom. The number of para-hydroxylation sites is 1. The fourth-order valence-corrected chi connectivity index (χ4v) is 4.53. The average Bonchev–Trinajstić information content (AvgIpc) is 3.09. The molecule has 0 fully saturated rings. The highest BCUT2D eigenvalue weighted by Gasteiger charge is 2.42. The summed E-state index contributed by atoms with van der Waals surface area (Å²) in [5.74, 6) is 0.352. The molecule has 1 aliphatic carbocycles. The number of benzene rings is 3. The molecule has 26 heavy (non-hydrogen) atoms. The van der Waals surface area contributed by atoms with Crippen LogP contribution in [0.25, 0.3) is 0 Å². The van der Waals surface area contributed by atoms with E-state index in [2.05, 4.69) is 65.7 Å². The molecule has 0 bridgehead atoms. The van der Waals surface area contributed by atoms with Crippen molar-refractivity contribution in [3.05, 3.63) is 101 Å². The number of hydrogen-bond acceptors (Lipinski definition) is 2. The molecule has 0 saturated carbocycles. The summed E-state index contributed by atoms with van der Waals surface area (Å²) in [6.45, 7) is 0. The van der Waals surface area contributed by atoms with E-state index in [0.29, 0.717) is 5.92 Å². The zero-order valence-corrected chi connectivity index (χ0v) is 15.1. The first-order chi connectivity index (χ1) is 12.8. The van der Waals surface area contributed by atoms with Gasteiger partial charge in [0.05, 0.1) is 17.4 Å². The molecule has 0 N–H and O–H groups in total. The SMILES string of the molecule is Clc1ccccc1[C@H]1[C@@H]2CCc3ccccc3C2=NN1c1ccccc1. The Bertz CT molecular complexity index is 980. The van der Waals surface area contributed by atoms with E-state index in [0.717, 1.165) is 29.1 Å². The molecule has 3 heteroatoms. The number of hydrazone groups is 1. The van der Waals surface area contributed by atoms with Crippen LogP contribution in [-0.4, -0.2) is 5.71 Å². The minimum atomic E-state index is 0.134. The molecule has 0 aromatic heterocycles. The van der Waals surface area contributed by atoms with Crippen molar-refractivity contribution in [2.45, 2.75) is 18.9 Å². The van der Waals surface area contributed by atoms with Gasteiger partial charge < -0.3 is 0 Å². The molecule has 3 aromatic rings. The summed E-state index contributed by atoms with van der Waals surface area (Å²) in [6.07, 6.45) is 2.18. The summed E-state index contributed by atoms with van der Waals surface area (Å²) in [5, 5.41) is 8.10. The number of nitrogens with zero attached hydrogens (tertiary/aromatic N) is 2. The minimum Gasteiger partial charge on any atom is -0.257 e. The molecule has 0 radical (unpaired) electrons. The molecule has 2 aliphatic rings. The molecule has 0 amide bonds. The van der Waals surface area contributed by atoms with Crippen molar-refractivity contribution in [1.29, 1.82) is 0 Å². The number of aryl methyl sites for hydroxylation is 1. The summed E-state index contributed by atoms with van der Waals surface area (Å²) in [4.78, 5) is 0. The predicted octanol–water partition coefficient (Wildman–Crippen LogP) is 5.87. The first-order valence-corrected chi connectivity index (χ1v) is 9.46. The van der Waals surface area contributed by atoms with Gasteiger partial charge in [0.1, 0.15) is 0 Å². The number of fused-ring (bicyclic) bond motifs is 3. The van der Waals surface area contributed by atoms with E-state index >= 15 is 0 Å². The topological polar surface area (TPSA) is 15.6 Å². The Kier molecular flexibility index (Phi) is 3.79. The second kappa shape index (κ2) is 6.30. The average molecular weight is 359 g/mol. The van der Waals surface area contributed by atoms with Gasteiger partial charge in [-0.25, -0.2) is 0 Å². The largest absolute Gasteiger partial charge is 0.257 e. The van der Waals surface area contributed by atoms with Gasteiger partial charge in [0.25, 0.3) is 0 Å². The second-order valence-corrected chi connectivity index (χ2v) is 7.34. The molecule has 128 valence electrons. The van der Waals surface area contributed by atoms with E-state index in [4.69, 9.17) is 16.7 Å². The normalized spacial score (nSPS) is 21.1. The summed E-state index contributed by atoms with van der Waals surface area (Å²) >= 11 is 6.61. The zero-order valence-electron chi connectivity index (χ0n) is 14.3. The Labute approximate surface area is 158 Å². The molecule has 0 saturated heterocycles. The van der Waals surface area contributed by atoms with Crippen LogP contribution in [0.1, 0.15) is 29.2 Å². The maximum Gasteiger partial charge on any atom is 0.0874 e. The van der Waals surface area contributed by atoms with Gasteiger partial charge in [-0.2, -0.15) is 5.10 Å². The van der Waals surface area contributed by atoms with Gasteiger partial charge in [0.2, 0.25) is 0 Å². The number of anilines is 1. The molecule has 0 unspecified atom stereocenters. The smallest absolute Gasteiger partial charge is 0.0874 e. The van der Waals surface area contributed by atoms with E-state index < -0.39 is 0 Å². The number of rotatable bonds is 2. The van der Waals surface area contributed by atoms with Crippen LogP contribution >= 0.6 is 11.6 Å². The van der Waals surface area contributed by atoms with Crippen LogP contribution in [-0.2, 0) is 6.42 Å². The third-order valence-corrected chi connectivity index (χ3v) is 5.82. The van der Waals surface area contributed by atoms with E-state index in [1.54, 1.807) is 0 Å². The quantitative estimate of drug-likeness (QED) is 0.559. The van der Waals surface area contributed by atoms with Crippen molar-refractivity contribution in [2.75, 3.05) is 5.01 Å². The molecule has 1 heterocycles. The Morgan fingerprint density at radius 2 is 1.58 bits per heavy atom. The second-order valence-electron chi connectivity index (χ2n) is 6.93. The zero-order chi connectivity index (χ0) is 17.5. The van der Waals surface area contributed by atoms with Crippen LogP contribution in [0.4, 0.5) is 5.69 Å². The highest BCUT2D eigenvalue weighted by Crippen LogP contribution is 2.46. The molecular weight excluding hydrogens is 340 g/mol. The van der Waals surface area contributed by atoms with Crippen molar-refractivity contribution in [3.8, 4) is 0 Å². The first-order valence-electron chi connectivity index (χ1n) is 9.08. The van der Waals surface area contributed by atoms with Crippen LogP contribution in [0, 0.1) is 5.92 Å². The van der Waals surface area contributed by atoms with E-state index in [1.165, 1.54) is 16.8 Å². The Hall–Kier alpha value is -2.58. The van der Waals surface area contributed by atoms with E-state index in [9.17, 15) is 0 Å². The maximum absolute atomic E-state index is 6.61. The maximum atomic E-state index is 6.61. The van der Waals surface area contributed by atoms with E-state index in [1.807, 2.05) is 18.2 Å². The monoisotopic (exact) mass is 358 g/mol. The highest BCUT2D eigenvalue weighted by atomic mass is 35.5. The molecule has 0 spiro atoms. The highest BCUT2D eigenvalue weighted by molar-refractivity contribution is 6.31. The lowest BCUT2D eigenvalue weighted by atomic mass is 9.77. The van der Waals surface area contributed by atoms with Gasteiger partial charge in [-0.3, -0.25) is 5.01 Å². The molecule has 1 aliphatic heterocycles. The van der Waals surface area contributed by atoms with Crippen molar-refractivity contribution < 1.29 is 0 Å². The standard InChI is InChI=1S/C23H19ClN2/c24-21-13-7-6-12-19(21)23-20-15-14-16-8-4-5-11-18(16)22(20)25-26(23)17-9-2-1-3-10-17/h1-13,20,23H,14-15H2/t20-,23+/m1/s1. The summed E-state index contributed by atoms with van der Waals surface area (Å²) in [7, 11) is 0.